The lowest BCUT2D eigenvalue weighted by Crippen LogP contribution is -1.97. The Bertz CT molecular complexity index is 1350. The Hall–Kier alpha value is -3.76. The first-order valence-electron chi connectivity index (χ1n) is 11.1. The minimum absolute atomic E-state index is 0.0230. The van der Waals surface area contributed by atoms with Gasteiger partial charge in [0.25, 0.3) is 0 Å². The van der Waals surface area contributed by atoms with E-state index in [0.29, 0.717) is 5.56 Å². The van der Waals surface area contributed by atoms with Gasteiger partial charge in [0.15, 0.2) is 0 Å². The summed E-state index contributed by atoms with van der Waals surface area (Å²) in [5.74, 6) is 6.37. The fourth-order valence-corrected chi connectivity index (χ4v) is 3.78. The molecule has 4 rings (SSSR count). The molecule has 0 aliphatic rings. The van der Waals surface area contributed by atoms with E-state index in [2.05, 4.69) is 29.8 Å². The van der Waals surface area contributed by atoms with Crippen molar-refractivity contribution in [2.75, 3.05) is 6.61 Å². The van der Waals surface area contributed by atoms with Crippen molar-refractivity contribution in [2.24, 2.45) is 0 Å². The van der Waals surface area contributed by atoms with Crippen molar-refractivity contribution >= 4 is 21.8 Å². The zero-order chi connectivity index (χ0) is 22.3. The third-order valence-electron chi connectivity index (χ3n) is 5.53. The first-order chi connectivity index (χ1) is 15.7. The largest absolute Gasteiger partial charge is 0.494 e. The summed E-state index contributed by atoms with van der Waals surface area (Å²) in [7, 11) is 0. The number of ether oxygens (including phenoxy) is 1. The molecule has 4 heteroatoms. The van der Waals surface area contributed by atoms with Gasteiger partial charge in [-0.25, -0.2) is 4.39 Å². The molecule has 0 bridgehead atoms. The second-order valence-corrected chi connectivity index (χ2v) is 7.91. The number of nitrogens with zero attached hydrogens (tertiary/aromatic N) is 1. The van der Waals surface area contributed by atoms with E-state index in [4.69, 9.17) is 10.00 Å². The van der Waals surface area contributed by atoms with E-state index in [-0.39, 0.29) is 5.56 Å². The molecule has 3 nitrogen and oxygen atoms in total. The van der Waals surface area contributed by atoms with Gasteiger partial charge in [0, 0.05) is 33.5 Å². The van der Waals surface area contributed by atoms with E-state index >= 15 is 0 Å². The van der Waals surface area contributed by atoms with Crippen LogP contribution in [0.4, 0.5) is 4.39 Å². The third-order valence-corrected chi connectivity index (χ3v) is 5.53. The van der Waals surface area contributed by atoms with Gasteiger partial charge in [-0.2, -0.15) is 5.26 Å². The zero-order valence-corrected chi connectivity index (χ0v) is 18.2. The predicted molar refractivity (Wildman–Crippen MR) is 127 cm³/mol. The van der Waals surface area contributed by atoms with E-state index in [0.717, 1.165) is 46.1 Å². The molecule has 1 aromatic heterocycles. The van der Waals surface area contributed by atoms with Crippen molar-refractivity contribution in [1.29, 1.82) is 5.26 Å². The van der Waals surface area contributed by atoms with Gasteiger partial charge < -0.3 is 9.72 Å². The van der Waals surface area contributed by atoms with Crippen molar-refractivity contribution < 1.29 is 9.13 Å². The molecule has 160 valence electrons. The van der Waals surface area contributed by atoms with Crippen LogP contribution >= 0.6 is 0 Å². The van der Waals surface area contributed by atoms with E-state index < -0.39 is 5.82 Å². The standard InChI is InChI=1S/C28H25FN2O/c1-2-3-4-5-6-15-32-23-12-14-25-24-13-10-21(17-27(24)31-28(25)18-23)8-7-20-9-11-22(19-30)26(29)16-20/h9-14,16-18,31H,2-6,15H2,1H3. The Morgan fingerprint density at radius 1 is 0.844 bits per heavy atom. The van der Waals surface area contributed by atoms with Crippen LogP contribution in [0.25, 0.3) is 21.8 Å². The highest BCUT2D eigenvalue weighted by Crippen LogP contribution is 2.29. The Kier molecular flexibility index (Phi) is 6.73. The van der Waals surface area contributed by atoms with Gasteiger partial charge in [-0.1, -0.05) is 50.5 Å². The minimum atomic E-state index is -0.552. The SMILES string of the molecule is CCCCCCCOc1ccc2c(c1)[nH]c1cc(C#Cc3ccc(C#N)c(F)c3)ccc12. The average Bonchev–Trinajstić information content (AvgIpc) is 3.17. The van der Waals surface area contributed by atoms with Crippen molar-refractivity contribution in [3.05, 3.63) is 77.1 Å². The first kappa shape index (κ1) is 21.5. The molecule has 32 heavy (non-hydrogen) atoms. The molecule has 3 aromatic carbocycles. The lowest BCUT2D eigenvalue weighted by atomic mass is 10.1. The molecule has 0 unspecified atom stereocenters. The molecule has 1 heterocycles. The highest BCUT2D eigenvalue weighted by atomic mass is 19.1. The minimum Gasteiger partial charge on any atom is -0.494 e. The lowest BCUT2D eigenvalue weighted by Gasteiger charge is -2.06. The van der Waals surface area contributed by atoms with E-state index in [1.165, 1.54) is 37.8 Å². The quantitative estimate of drug-likeness (QED) is 0.254. The molecule has 0 fully saturated rings. The smallest absolute Gasteiger partial charge is 0.142 e. The Balaban J connectivity index is 1.50. The van der Waals surface area contributed by atoms with Gasteiger partial charge >= 0.3 is 0 Å². The third kappa shape index (κ3) is 4.93. The van der Waals surface area contributed by atoms with E-state index in [1.807, 2.05) is 36.4 Å². The average molecular weight is 425 g/mol. The van der Waals surface area contributed by atoms with Gasteiger partial charge in [-0.05, 0) is 48.9 Å². The summed E-state index contributed by atoms with van der Waals surface area (Å²) >= 11 is 0. The van der Waals surface area contributed by atoms with Gasteiger partial charge in [-0.3, -0.25) is 0 Å². The number of nitriles is 1. The second kappa shape index (κ2) is 10.0. The summed E-state index contributed by atoms with van der Waals surface area (Å²) in [6.07, 6.45) is 6.10. The maximum absolute atomic E-state index is 13.8. The summed E-state index contributed by atoms with van der Waals surface area (Å²) in [5.41, 5.74) is 3.42. The molecule has 0 saturated heterocycles. The highest BCUT2D eigenvalue weighted by Gasteiger charge is 2.06. The molecule has 0 atom stereocenters. The number of H-pyrrole nitrogens is 1. The summed E-state index contributed by atoms with van der Waals surface area (Å²) in [5, 5.41) is 11.1. The van der Waals surface area contributed by atoms with Crippen molar-refractivity contribution in [1.82, 2.24) is 4.98 Å². The van der Waals surface area contributed by atoms with Crippen molar-refractivity contribution in [3.8, 4) is 23.7 Å². The van der Waals surface area contributed by atoms with Crippen LogP contribution < -0.4 is 4.74 Å². The Morgan fingerprint density at radius 3 is 2.28 bits per heavy atom. The number of unbranched alkanes of at least 4 members (excludes halogenated alkanes) is 4. The molecule has 0 saturated carbocycles. The molecule has 4 aromatic rings. The van der Waals surface area contributed by atoms with Gasteiger partial charge in [0.2, 0.25) is 0 Å². The molecular weight excluding hydrogens is 399 g/mol. The van der Waals surface area contributed by atoms with Crippen LogP contribution in [-0.2, 0) is 0 Å². The van der Waals surface area contributed by atoms with Gasteiger partial charge in [0.05, 0.1) is 17.7 Å². The molecule has 0 spiro atoms. The van der Waals surface area contributed by atoms with Crippen LogP contribution in [0.1, 0.15) is 55.7 Å². The monoisotopic (exact) mass is 424 g/mol. The number of fused-ring (bicyclic) bond motifs is 3. The van der Waals surface area contributed by atoms with Crippen LogP contribution in [0.5, 0.6) is 5.75 Å². The Labute approximate surface area is 187 Å². The summed E-state index contributed by atoms with van der Waals surface area (Å²) in [6.45, 7) is 2.96. The highest BCUT2D eigenvalue weighted by molar-refractivity contribution is 6.07. The normalized spacial score (nSPS) is 10.7. The molecule has 1 N–H and O–H groups in total. The maximum atomic E-state index is 13.8. The van der Waals surface area contributed by atoms with Gasteiger partial charge in [0.1, 0.15) is 17.6 Å². The van der Waals surface area contributed by atoms with Crippen LogP contribution in [0, 0.1) is 29.0 Å². The van der Waals surface area contributed by atoms with Crippen molar-refractivity contribution in [2.45, 2.75) is 39.0 Å². The number of hydrogen-bond donors (Lipinski definition) is 1. The number of aromatic amines is 1. The summed E-state index contributed by atoms with van der Waals surface area (Å²) in [6, 6.07) is 18.4. The van der Waals surface area contributed by atoms with E-state index in [1.54, 1.807) is 6.07 Å². The maximum Gasteiger partial charge on any atom is 0.142 e. The van der Waals surface area contributed by atoms with Crippen LogP contribution in [-0.4, -0.2) is 11.6 Å². The molecule has 0 aliphatic heterocycles. The van der Waals surface area contributed by atoms with Gasteiger partial charge in [-0.15, -0.1) is 0 Å². The fraction of sp³-hybridized carbons (Fsp3) is 0.250. The molecule has 0 aliphatic carbocycles. The number of nitrogens with one attached hydrogen (secondary N) is 1. The first-order valence-corrected chi connectivity index (χ1v) is 11.1. The van der Waals surface area contributed by atoms with Crippen LogP contribution in [0.3, 0.4) is 0 Å². The zero-order valence-electron chi connectivity index (χ0n) is 18.2. The topological polar surface area (TPSA) is 48.8 Å². The van der Waals surface area contributed by atoms with E-state index in [9.17, 15) is 4.39 Å². The number of rotatable bonds is 7. The lowest BCUT2D eigenvalue weighted by molar-refractivity contribution is 0.305. The summed E-state index contributed by atoms with van der Waals surface area (Å²) in [4.78, 5) is 3.46. The number of halogens is 1. The number of hydrogen-bond acceptors (Lipinski definition) is 2. The summed E-state index contributed by atoms with van der Waals surface area (Å²) < 4.78 is 19.7. The fourth-order valence-electron chi connectivity index (χ4n) is 3.78. The number of aromatic nitrogens is 1. The predicted octanol–water partition coefficient (Wildman–Crippen LogP) is 7.08. The number of benzene rings is 3. The molecule has 0 amide bonds. The second-order valence-electron chi connectivity index (χ2n) is 7.91. The Morgan fingerprint density at radius 2 is 1.53 bits per heavy atom. The van der Waals surface area contributed by atoms with Crippen LogP contribution in [0.2, 0.25) is 0 Å². The molecule has 0 radical (unpaired) electrons. The van der Waals surface area contributed by atoms with Crippen molar-refractivity contribution in [3.63, 3.8) is 0 Å². The molecular formula is C28H25FN2O. The van der Waals surface area contributed by atoms with Crippen LogP contribution in [0.15, 0.2) is 54.6 Å².